The highest BCUT2D eigenvalue weighted by Crippen LogP contribution is 2.18. The molecule has 1 aliphatic rings. The lowest BCUT2D eigenvalue weighted by Gasteiger charge is -2.34. The van der Waals surface area contributed by atoms with Gasteiger partial charge in [0.15, 0.2) is 5.82 Å². The van der Waals surface area contributed by atoms with Gasteiger partial charge in [0.05, 0.1) is 0 Å². The van der Waals surface area contributed by atoms with Gasteiger partial charge in [-0.25, -0.2) is 4.79 Å². The van der Waals surface area contributed by atoms with Gasteiger partial charge in [-0.2, -0.15) is 0 Å². The highest BCUT2D eigenvalue weighted by Gasteiger charge is 2.26. The van der Waals surface area contributed by atoms with Gasteiger partial charge in [0.2, 0.25) is 5.95 Å². The van der Waals surface area contributed by atoms with Gasteiger partial charge in [0, 0.05) is 57.6 Å². The van der Waals surface area contributed by atoms with Crippen LogP contribution >= 0.6 is 0 Å². The molecule has 9 nitrogen and oxygen atoms in total. The molecule has 0 unspecified atom stereocenters. The minimum Gasteiger partial charge on any atom is -0.445 e. The first-order valence-corrected chi connectivity index (χ1v) is 11.3. The van der Waals surface area contributed by atoms with E-state index in [2.05, 4.69) is 24.6 Å². The van der Waals surface area contributed by atoms with Crippen molar-refractivity contribution < 1.29 is 14.3 Å². The van der Waals surface area contributed by atoms with Crippen LogP contribution < -0.4 is 4.90 Å². The Morgan fingerprint density at radius 3 is 2.48 bits per heavy atom. The van der Waals surface area contributed by atoms with Crippen LogP contribution in [0.15, 0.2) is 54.7 Å². The monoisotopic (exact) mass is 450 g/mol. The van der Waals surface area contributed by atoms with E-state index in [1.807, 2.05) is 55.5 Å². The fraction of sp³-hybridized carbons (Fsp3) is 0.417. The van der Waals surface area contributed by atoms with Crippen LogP contribution in [0.2, 0.25) is 0 Å². The molecule has 1 fully saturated rings. The molecule has 1 aliphatic heterocycles. The van der Waals surface area contributed by atoms with Crippen molar-refractivity contribution in [2.24, 2.45) is 0 Å². The number of carbonyl (C=O) groups excluding carboxylic acids is 1. The minimum absolute atomic E-state index is 0.280. The van der Waals surface area contributed by atoms with Gasteiger partial charge < -0.3 is 19.3 Å². The number of pyridine rings is 1. The number of ether oxygens (including phenoxy) is 2. The summed E-state index contributed by atoms with van der Waals surface area (Å²) in [6.45, 7) is 6.45. The van der Waals surface area contributed by atoms with E-state index in [1.165, 1.54) is 0 Å². The molecule has 33 heavy (non-hydrogen) atoms. The summed E-state index contributed by atoms with van der Waals surface area (Å²) in [5.41, 5.74) is 2.00. The molecule has 0 radical (unpaired) electrons. The van der Waals surface area contributed by atoms with E-state index in [0.717, 1.165) is 29.5 Å². The fourth-order valence-corrected chi connectivity index (χ4v) is 3.76. The Kier molecular flexibility index (Phi) is 7.86. The van der Waals surface area contributed by atoms with Gasteiger partial charge in [-0.1, -0.05) is 36.4 Å². The Hall–Kier alpha value is -3.46. The molecule has 3 aromatic rings. The second-order valence-corrected chi connectivity index (χ2v) is 7.79. The first-order chi connectivity index (χ1) is 16.2. The van der Waals surface area contributed by atoms with Crippen molar-refractivity contribution in [2.75, 3.05) is 37.7 Å². The van der Waals surface area contributed by atoms with E-state index >= 15 is 0 Å². The Labute approximate surface area is 194 Å². The number of aryl methyl sites for hydroxylation is 1. The number of hydrogen-bond donors (Lipinski definition) is 0. The molecular formula is C24H30N6O3. The summed E-state index contributed by atoms with van der Waals surface area (Å²) in [5, 5.41) is 8.83. The molecule has 9 heteroatoms. The van der Waals surface area contributed by atoms with Crippen LogP contribution in [0.1, 0.15) is 24.0 Å². The largest absolute Gasteiger partial charge is 0.445 e. The Bertz CT molecular complexity index is 1000. The van der Waals surface area contributed by atoms with Crippen LogP contribution in [0.3, 0.4) is 0 Å². The number of benzene rings is 1. The molecule has 1 saturated heterocycles. The lowest BCUT2D eigenvalue weighted by molar-refractivity contribution is 0.0940. The van der Waals surface area contributed by atoms with Crippen molar-refractivity contribution >= 4 is 12.0 Å². The number of amides is 1. The number of rotatable bonds is 9. The van der Waals surface area contributed by atoms with Crippen LogP contribution in [0.5, 0.6) is 0 Å². The van der Waals surface area contributed by atoms with Gasteiger partial charge in [0.1, 0.15) is 13.2 Å². The lowest BCUT2D eigenvalue weighted by atomic mass is 10.2. The molecule has 0 aliphatic carbocycles. The normalized spacial score (nSPS) is 13.8. The maximum absolute atomic E-state index is 12.5. The summed E-state index contributed by atoms with van der Waals surface area (Å²) < 4.78 is 13.2. The molecule has 0 N–H and O–H groups in total. The van der Waals surface area contributed by atoms with E-state index in [4.69, 9.17) is 9.47 Å². The molecular weight excluding hydrogens is 420 g/mol. The van der Waals surface area contributed by atoms with Gasteiger partial charge in [-0.3, -0.25) is 9.55 Å². The zero-order chi connectivity index (χ0) is 22.9. The van der Waals surface area contributed by atoms with E-state index in [9.17, 15) is 4.79 Å². The fourth-order valence-electron chi connectivity index (χ4n) is 3.76. The topological polar surface area (TPSA) is 85.6 Å². The van der Waals surface area contributed by atoms with Gasteiger partial charge in [-0.15, -0.1) is 10.2 Å². The average molecular weight is 451 g/mol. The van der Waals surface area contributed by atoms with E-state index in [-0.39, 0.29) is 12.7 Å². The van der Waals surface area contributed by atoms with E-state index in [1.54, 1.807) is 11.1 Å². The SMILES string of the molecule is CCOCc1nnc(N2CCN(C(=O)OCc3ccccc3)CC2)n1CCc1ccccn1. The predicted octanol–water partition coefficient (Wildman–Crippen LogP) is 2.91. The third-order valence-electron chi connectivity index (χ3n) is 5.59. The molecule has 2 aromatic heterocycles. The smallest absolute Gasteiger partial charge is 0.410 e. The van der Waals surface area contributed by atoms with Crippen LogP contribution in [0.25, 0.3) is 0 Å². The number of carbonyl (C=O) groups is 1. The first-order valence-electron chi connectivity index (χ1n) is 11.3. The molecule has 0 spiro atoms. The maximum atomic E-state index is 12.5. The van der Waals surface area contributed by atoms with Crippen LogP contribution in [0.4, 0.5) is 10.7 Å². The summed E-state index contributed by atoms with van der Waals surface area (Å²) in [6, 6.07) is 15.6. The second kappa shape index (κ2) is 11.4. The second-order valence-electron chi connectivity index (χ2n) is 7.79. The average Bonchev–Trinajstić information content (AvgIpc) is 3.28. The number of nitrogens with zero attached hydrogens (tertiary/aromatic N) is 6. The van der Waals surface area contributed by atoms with Crippen molar-refractivity contribution in [3.8, 4) is 0 Å². The van der Waals surface area contributed by atoms with Gasteiger partial charge in [0.25, 0.3) is 0 Å². The van der Waals surface area contributed by atoms with Crippen molar-refractivity contribution in [1.82, 2.24) is 24.6 Å². The summed E-state index contributed by atoms with van der Waals surface area (Å²) >= 11 is 0. The Morgan fingerprint density at radius 2 is 1.76 bits per heavy atom. The van der Waals surface area contributed by atoms with Gasteiger partial charge in [-0.05, 0) is 24.6 Å². The summed E-state index contributed by atoms with van der Waals surface area (Å²) in [4.78, 5) is 20.8. The number of piperazine rings is 1. The van der Waals surface area contributed by atoms with Crippen molar-refractivity contribution in [2.45, 2.75) is 33.1 Å². The molecule has 4 rings (SSSR count). The molecule has 174 valence electrons. The Balaban J connectivity index is 1.36. The summed E-state index contributed by atoms with van der Waals surface area (Å²) in [5.74, 6) is 1.60. The van der Waals surface area contributed by atoms with Crippen LogP contribution in [-0.2, 0) is 35.7 Å². The standard InChI is InChI=1S/C24H30N6O3/c1-2-32-19-22-26-27-23(30(22)13-11-21-10-6-7-12-25-21)28-14-16-29(17-15-28)24(31)33-18-20-8-4-3-5-9-20/h3-10,12H,2,11,13-19H2,1H3. The van der Waals surface area contributed by atoms with Crippen molar-refractivity contribution in [1.29, 1.82) is 0 Å². The van der Waals surface area contributed by atoms with E-state index < -0.39 is 0 Å². The molecule has 0 bridgehead atoms. The first kappa shape index (κ1) is 22.7. The summed E-state index contributed by atoms with van der Waals surface area (Å²) in [6.07, 6.45) is 2.29. The Morgan fingerprint density at radius 1 is 0.970 bits per heavy atom. The number of hydrogen-bond acceptors (Lipinski definition) is 7. The molecule has 1 amide bonds. The predicted molar refractivity (Wildman–Crippen MR) is 124 cm³/mol. The molecule has 1 aromatic carbocycles. The highest BCUT2D eigenvalue weighted by atomic mass is 16.6. The quantitative estimate of drug-likeness (QED) is 0.495. The number of anilines is 1. The molecule has 0 atom stereocenters. The maximum Gasteiger partial charge on any atom is 0.410 e. The van der Waals surface area contributed by atoms with Crippen molar-refractivity contribution in [3.05, 3.63) is 71.8 Å². The highest BCUT2D eigenvalue weighted by molar-refractivity contribution is 5.68. The van der Waals surface area contributed by atoms with E-state index in [0.29, 0.717) is 45.9 Å². The van der Waals surface area contributed by atoms with Crippen LogP contribution in [0, 0.1) is 0 Å². The van der Waals surface area contributed by atoms with Crippen molar-refractivity contribution in [3.63, 3.8) is 0 Å². The minimum atomic E-state index is -0.285. The molecule has 0 saturated carbocycles. The van der Waals surface area contributed by atoms with Crippen LogP contribution in [-0.4, -0.2) is 63.5 Å². The zero-order valence-electron chi connectivity index (χ0n) is 19.0. The summed E-state index contributed by atoms with van der Waals surface area (Å²) in [7, 11) is 0. The van der Waals surface area contributed by atoms with Gasteiger partial charge >= 0.3 is 6.09 Å². The third-order valence-corrected chi connectivity index (χ3v) is 5.59. The third kappa shape index (κ3) is 6.07. The molecule has 3 heterocycles. The zero-order valence-corrected chi connectivity index (χ0v) is 19.0. The lowest BCUT2D eigenvalue weighted by Crippen LogP contribution is -2.49. The number of aromatic nitrogens is 4.